The summed E-state index contributed by atoms with van der Waals surface area (Å²) in [5.41, 5.74) is 0.281. The topological polar surface area (TPSA) is 62.2 Å². The van der Waals surface area contributed by atoms with E-state index in [9.17, 15) is 9.90 Å². The first-order valence-corrected chi connectivity index (χ1v) is 8.30. The molecular weight excluding hydrogens is 308 g/mol. The minimum atomic E-state index is -0.702. The van der Waals surface area contributed by atoms with E-state index in [0.717, 1.165) is 24.4 Å². The highest BCUT2D eigenvalue weighted by Gasteiger charge is 2.24. The number of rotatable bonds is 7. The fraction of sp³-hybridized carbons (Fsp3) is 0.611. The zero-order chi connectivity index (χ0) is 17.6. The fourth-order valence-corrected chi connectivity index (χ4v) is 2.81. The number of ether oxygens (including phenoxy) is 2. The molecule has 0 bridgehead atoms. The standard InChI is InChI=1S/C18H28N2O4/c1-18(2,22)14-19-7-9-20(10-8-19)17(21)13-24-12-15-5-4-6-16(11-15)23-3/h4-6,11,22H,7-10,12-14H2,1-3H3. The summed E-state index contributed by atoms with van der Waals surface area (Å²) >= 11 is 0. The van der Waals surface area contributed by atoms with Gasteiger partial charge in [-0.2, -0.15) is 0 Å². The molecule has 1 aromatic carbocycles. The smallest absolute Gasteiger partial charge is 0.248 e. The largest absolute Gasteiger partial charge is 0.497 e. The Kier molecular flexibility index (Phi) is 6.60. The van der Waals surface area contributed by atoms with Crippen LogP contribution in [0.4, 0.5) is 0 Å². The second kappa shape index (κ2) is 8.46. The third-order valence-corrected chi connectivity index (χ3v) is 3.96. The molecule has 6 heteroatoms. The van der Waals surface area contributed by atoms with Crippen molar-refractivity contribution in [3.63, 3.8) is 0 Å². The van der Waals surface area contributed by atoms with Crippen molar-refractivity contribution >= 4 is 5.91 Å². The molecule has 0 spiro atoms. The van der Waals surface area contributed by atoms with E-state index in [0.29, 0.717) is 26.2 Å². The molecule has 24 heavy (non-hydrogen) atoms. The van der Waals surface area contributed by atoms with Gasteiger partial charge in [0, 0.05) is 32.7 Å². The SMILES string of the molecule is COc1cccc(COCC(=O)N2CCN(CC(C)(C)O)CC2)c1. The minimum absolute atomic E-state index is 0.0146. The van der Waals surface area contributed by atoms with Crippen LogP contribution in [0.1, 0.15) is 19.4 Å². The summed E-state index contributed by atoms with van der Waals surface area (Å²) in [5.74, 6) is 0.797. The zero-order valence-electron chi connectivity index (χ0n) is 14.8. The van der Waals surface area contributed by atoms with Crippen LogP contribution in [0.15, 0.2) is 24.3 Å². The van der Waals surface area contributed by atoms with Gasteiger partial charge in [0.05, 0.1) is 19.3 Å². The van der Waals surface area contributed by atoms with Crippen molar-refractivity contribution in [1.82, 2.24) is 9.80 Å². The predicted molar refractivity (Wildman–Crippen MR) is 92.0 cm³/mol. The number of methoxy groups -OCH3 is 1. The number of carbonyl (C=O) groups excluding carboxylic acids is 1. The van der Waals surface area contributed by atoms with Gasteiger partial charge >= 0.3 is 0 Å². The number of β-amino-alcohol motifs (C(OH)–C–C–N with tert-alkyl or cyclic N) is 1. The maximum absolute atomic E-state index is 12.2. The molecule has 2 rings (SSSR count). The van der Waals surface area contributed by atoms with Gasteiger partial charge in [-0.05, 0) is 31.5 Å². The van der Waals surface area contributed by atoms with E-state index in [-0.39, 0.29) is 12.5 Å². The molecule has 134 valence electrons. The molecule has 1 saturated heterocycles. The van der Waals surface area contributed by atoms with Gasteiger partial charge in [-0.15, -0.1) is 0 Å². The van der Waals surface area contributed by atoms with Crippen molar-refractivity contribution in [2.75, 3.05) is 46.4 Å². The molecule has 0 atom stereocenters. The quantitative estimate of drug-likeness (QED) is 0.809. The first-order valence-electron chi connectivity index (χ1n) is 8.30. The maximum atomic E-state index is 12.2. The number of amides is 1. The molecule has 1 aliphatic heterocycles. The normalized spacial score (nSPS) is 16.2. The number of hydrogen-bond acceptors (Lipinski definition) is 5. The molecular formula is C18H28N2O4. The van der Waals surface area contributed by atoms with E-state index >= 15 is 0 Å². The third kappa shape index (κ3) is 6.11. The van der Waals surface area contributed by atoms with Gasteiger partial charge in [0.25, 0.3) is 0 Å². The van der Waals surface area contributed by atoms with Crippen LogP contribution in [0, 0.1) is 0 Å². The van der Waals surface area contributed by atoms with Gasteiger partial charge in [0.1, 0.15) is 12.4 Å². The number of aliphatic hydroxyl groups is 1. The van der Waals surface area contributed by atoms with E-state index < -0.39 is 5.60 Å². The summed E-state index contributed by atoms with van der Waals surface area (Å²) < 4.78 is 10.7. The number of nitrogens with zero attached hydrogens (tertiary/aromatic N) is 2. The van der Waals surface area contributed by atoms with Crippen LogP contribution < -0.4 is 4.74 Å². The van der Waals surface area contributed by atoms with Gasteiger partial charge in [0.2, 0.25) is 5.91 Å². The van der Waals surface area contributed by atoms with Crippen molar-refractivity contribution in [3.05, 3.63) is 29.8 Å². The molecule has 0 aromatic heterocycles. The first kappa shape index (κ1) is 18.7. The summed E-state index contributed by atoms with van der Waals surface area (Å²) in [4.78, 5) is 16.2. The van der Waals surface area contributed by atoms with E-state index in [2.05, 4.69) is 4.90 Å². The van der Waals surface area contributed by atoms with E-state index in [4.69, 9.17) is 9.47 Å². The number of benzene rings is 1. The van der Waals surface area contributed by atoms with E-state index in [1.165, 1.54) is 0 Å². The molecule has 1 fully saturated rings. The Morgan fingerprint density at radius 3 is 2.58 bits per heavy atom. The van der Waals surface area contributed by atoms with Crippen LogP contribution in [0.2, 0.25) is 0 Å². The Morgan fingerprint density at radius 1 is 1.25 bits per heavy atom. The van der Waals surface area contributed by atoms with Crippen LogP contribution in [0.3, 0.4) is 0 Å². The molecule has 1 heterocycles. The minimum Gasteiger partial charge on any atom is -0.497 e. The summed E-state index contributed by atoms with van der Waals surface area (Å²) in [6, 6.07) is 7.63. The van der Waals surface area contributed by atoms with Crippen molar-refractivity contribution in [2.24, 2.45) is 0 Å². The maximum Gasteiger partial charge on any atom is 0.248 e. The highest BCUT2D eigenvalue weighted by Crippen LogP contribution is 2.13. The van der Waals surface area contributed by atoms with Gasteiger partial charge in [0.15, 0.2) is 0 Å². The lowest BCUT2D eigenvalue weighted by Gasteiger charge is -2.37. The third-order valence-electron chi connectivity index (χ3n) is 3.96. The second-order valence-electron chi connectivity index (χ2n) is 6.81. The second-order valence-corrected chi connectivity index (χ2v) is 6.81. The van der Waals surface area contributed by atoms with Crippen molar-refractivity contribution in [2.45, 2.75) is 26.1 Å². The van der Waals surface area contributed by atoms with Crippen LogP contribution in [-0.2, 0) is 16.1 Å². The number of piperazine rings is 1. The van der Waals surface area contributed by atoms with Gasteiger partial charge in [-0.3, -0.25) is 9.69 Å². The highest BCUT2D eigenvalue weighted by molar-refractivity contribution is 5.77. The van der Waals surface area contributed by atoms with Crippen LogP contribution >= 0.6 is 0 Å². The zero-order valence-corrected chi connectivity index (χ0v) is 14.8. The lowest BCUT2D eigenvalue weighted by molar-refractivity contribution is -0.138. The fourth-order valence-electron chi connectivity index (χ4n) is 2.81. The summed E-state index contributed by atoms with van der Waals surface area (Å²) in [7, 11) is 1.63. The van der Waals surface area contributed by atoms with Crippen LogP contribution in [0.5, 0.6) is 5.75 Å². The highest BCUT2D eigenvalue weighted by atomic mass is 16.5. The molecule has 0 aliphatic carbocycles. The van der Waals surface area contributed by atoms with Crippen molar-refractivity contribution < 1.29 is 19.4 Å². The average Bonchev–Trinajstić information content (AvgIpc) is 2.54. The Labute approximate surface area is 144 Å². The monoisotopic (exact) mass is 336 g/mol. The first-order chi connectivity index (χ1) is 11.4. The van der Waals surface area contributed by atoms with Gasteiger partial charge in [-0.1, -0.05) is 12.1 Å². The number of carbonyl (C=O) groups is 1. The molecule has 1 N–H and O–H groups in total. The Bertz CT molecular complexity index is 534. The Balaban J connectivity index is 1.70. The average molecular weight is 336 g/mol. The molecule has 6 nitrogen and oxygen atoms in total. The lowest BCUT2D eigenvalue weighted by atomic mass is 10.1. The van der Waals surface area contributed by atoms with E-state index in [1.807, 2.05) is 29.2 Å². The predicted octanol–water partition coefficient (Wildman–Crippen LogP) is 1.13. The van der Waals surface area contributed by atoms with Gasteiger partial charge in [-0.25, -0.2) is 0 Å². The van der Waals surface area contributed by atoms with Crippen molar-refractivity contribution in [3.8, 4) is 5.75 Å². The number of hydrogen-bond donors (Lipinski definition) is 1. The molecule has 0 saturated carbocycles. The summed E-state index contributed by atoms with van der Waals surface area (Å²) in [6.45, 7) is 7.63. The molecule has 1 aliphatic rings. The summed E-state index contributed by atoms with van der Waals surface area (Å²) in [6.07, 6.45) is 0. The van der Waals surface area contributed by atoms with Crippen LogP contribution in [0.25, 0.3) is 0 Å². The molecule has 1 amide bonds. The molecule has 0 unspecified atom stereocenters. The summed E-state index contributed by atoms with van der Waals surface area (Å²) in [5, 5.41) is 9.86. The van der Waals surface area contributed by atoms with E-state index in [1.54, 1.807) is 21.0 Å². The lowest BCUT2D eigenvalue weighted by Crippen LogP contribution is -2.52. The Hall–Kier alpha value is -1.63. The van der Waals surface area contributed by atoms with Crippen LogP contribution in [-0.4, -0.2) is 72.9 Å². The van der Waals surface area contributed by atoms with Crippen molar-refractivity contribution in [1.29, 1.82) is 0 Å². The Morgan fingerprint density at radius 2 is 1.96 bits per heavy atom. The molecule has 0 radical (unpaired) electrons. The van der Waals surface area contributed by atoms with Gasteiger partial charge < -0.3 is 19.5 Å². The molecule has 1 aromatic rings.